The Morgan fingerprint density at radius 3 is 2.63 bits per heavy atom. The summed E-state index contributed by atoms with van der Waals surface area (Å²) in [5.41, 5.74) is 0.524. The maximum absolute atomic E-state index is 12.7. The van der Waals surface area contributed by atoms with E-state index < -0.39 is 11.5 Å². The van der Waals surface area contributed by atoms with E-state index in [-0.39, 0.29) is 17.6 Å². The monoisotopic (exact) mass is 392 g/mol. The van der Waals surface area contributed by atoms with Crippen molar-refractivity contribution >= 4 is 34.3 Å². The molecular formula is C17H17ClN4O5. The number of carbonyl (C=O) groups is 1. The van der Waals surface area contributed by atoms with E-state index in [4.69, 9.17) is 25.6 Å². The van der Waals surface area contributed by atoms with Crippen LogP contribution in [0.4, 0.5) is 5.69 Å². The summed E-state index contributed by atoms with van der Waals surface area (Å²) in [4.78, 5) is 29.4. The van der Waals surface area contributed by atoms with Gasteiger partial charge in [-0.1, -0.05) is 16.8 Å². The van der Waals surface area contributed by atoms with Crippen LogP contribution in [0.2, 0.25) is 5.02 Å². The molecule has 0 bridgehead atoms. The van der Waals surface area contributed by atoms with Crippen LogP contribution in [0.3, 0.4) is 0 Å². The fourth-order valence-corrected chi connectivity index (χ4v) is 2.89. The summed E-state index contributed by atoms with van der Waals surface area (Å²) in [7, 11) is 2.93. The Labute approximate surface area is 158 Å². The molecule has 0 aliphatic heterocycles. The van der Waals surface area contributed by atoms with Gasteiger partial charge in [0.1, 0.15) is 29.3 Å². The molecule has 10 heteroatoms. The van der Waals surface area contributed by atoms with E-state index in [1.165, 1.54) is 24.9 Å². The van der Waals surface area contributed by atoms with E-state index in [1.54, 1.807) is 19.9 Å². The number of nitrogens with zero attached hydrogens (tertiary/aromatic N) is 3. The summed E-state index contributed by atoms with van der Waals surface area (Å²) < 4.78 is 16.6. The maximum atomic E-state index is 12.7. The summed E-state index contributed by atoms with van der Waals surface area (Å²) in [5, 5.41) is 6.98. The number of methoxy groups -OCH3 is 2. The molecule has 9 nitrogen and oxygen atoms in total. The molecule has 0 spiro atoms. The number of ether oxygens (including phenoxy) is 2. The number of rotatable bonds is 5. The van der Waals surface area contributed by atoms with Crippen LogP contribution in [0.1, 0.15) is 11.5 Å². The first-order chi connectivity index (χ1) is 12.8. The smallest absolute Gasteiger partial charge is 0.267 e. The first-order valence-electron chi connectivity index (χ1n) is 7.90. The zero-order valence-corrected chi connectivity index (χ0v) is 15.9. The molecule has 0 saturated carbocycles. The van der Waals surface area contributed by atoms with E-state index in [0.29, 0.717) is 33.7 Å². The molecule has 0 fully saturated rings. The molecule has 0 atom stereocenters. The van der Waals surface area contributed by atoms with Crippen molar-refractivity contribution in [3.8, 4) is 11.5 Å². The van der Waals surface area contributed by atoms with Crippen molar-refractivity contribution < 1.29 is 18.8 Å². The van der Waals surface area contributed by atoms with Crippen LogP contribution >= 0.6 is 11.6 Å². The van der Waals surface area contributed by atoms with Gasteiger partial charge in [-0.25, -0.2) is 0 Å². The number of hydrogen-bond acceptors (Lipinski definition) is 7. The van der Waals surface area contributed by atoms with Gasteiger partial charge in [0.15, 0.2) is 0 Å². The highest BCUT2D eigenvalue weighted by Crippen LogP contribution is 2.35. The van der Waals surface area contributed by atoms with Gasteiger partial charge in [-0.2, -0.15) is 4.98 Å². The minimum Gasteiger partial charge on any atom is -0.495 e. The highest BCUT2D eigenvalue weighted by molar-refractivity contribution is 6.32. The average Bonchev–Trinajstić information content (AvgIpc) is 2.99. The molecule has 3 rings (SSSR count). The van der Waals surface area contributed by atoms with Crippen molar-refractivity contribution in [2.24, 2.45) is 0 Å². The highest BCUT2D eigenvalue weighted by atomic mass is 35.5. The lowest BCUT2D eigenvalue weighted by atomic mass is 10.2. The van der Waals surface area contributed by atoms with Crippen LogP contribution < -0.4 is 20.3 Å². The Morgan fingerprint density at radius 2 is 1.96 bits per heavy atom. The lowest BCUT2D eigenvalue weighted by molar-refractivity contribution is -0.116. The minimum absolute atomic E-state index is 0.148. The zero-order valence-electron chi connectivity index (χ0n) is 15.1. The summed E-state index contributed by atoms with van der Waals surface area (Å²) >= 11 is 6.11. The molecule has 27 heavy (non-hydrogen) atoms. The number of halogens is 1. The van der Waals surface area contributed by atoms with Crippen molar-refractivity contribution in [2.75, 3.05) is 19.5 Å². The minimum atomic E-state index is -0.449. The lowest BCUT2D eigenvalue weighted by Gasteiger charge is -2.14. The average molecular weight is 393 g/mol. The fraction of sp³-hybridized carbons (Fsp3) is 0.294. The largest absolute Gasteiger partial charge is 0.495 e. The maximum Gasteiger partial charge on any atom is 0.267 e. The first-order valence-corrected chi connectivity index (χ1v) is 8.28. The Morgan fingerprint density at radius 1 is 1.26 bits per heavy atom. The number of carbonyl (C=O) groups excluding carboxylic acids is 1. The van der Waals surface area contributed by atoms with E-state index in [0.717, 1.165) is 0 Å². The van der Waals surface area contributed by atoms with E-state index in [2.05, 4.69) is 15.5 Å². The number of amides is 1. The van der Waals surface area contributed by atoms with Gasteiger partial charge in [0.2, 0.25) is 5.91 Å². The van der Waals surface area contributed by atoms with Gasteiger partial charge in [0.05, 0.1) is 30.6 Å². The van der Waals surface area contributed by atoms with Gasteiger partial charge in [-0.15, -0.1) is 0 Å². The first kappa shape index (κ1) is 18.7. The van der Waals surface area contributed by atoms with Crippen LogP contribution in [-0.2, 0) is 11.3 Å². The number of benzene rings is 1. The van der Waals surface area contributed by atoms with Crippen LogP contribution in [0.25, 0.3) is 11.1 Å². The third-order valence-corrected chi connectivity index (χ3v) is 4.30. The molecule has 2 aromatic heterocycles. The van der Waals surface area contributed by atoms with Crippen LogP contribution in [-0.4, -0.2) is 34.8 Å². The number of nitrogens with one attached hydrogen (secondary N) is 1. The molecule has 0 aliphatic rings. The fourth-order valence-electron chi connectivity index (χ4n) is 2.65. The Hall–Kier alpha value is -3.07. The summed E-state index contributed by atoms with van der Waals surface area (Å²) in [5.74, 6) is 0.668. The van der Waals surface area contributed by atoms with Gasteiger partial charge < -0.3 is 19.3 Å². The molecule has 2 heterocycles. The Kier molecular flexibility index (Phi) is 5.04. The van der Waals surface area contributed by atoms with E-state index >= 15 is 0 Å². The number of fused-ring (bicyclic) bond motifs is 1. The second kappa shape index (κ2) is 7.28. The van der Waals surface area contributed by atoms with Crippen molar-refractivity contribution in [2.45, 2.75) is 20.4 Å². The summed E-state index contributed by atoms with van der Waals surface area (Å²) in [6.45, 7) is 3.00. The molecule has 0 saturated heterocycles. The molecule has 3 aromatic rings. The molecule has 0 unspecified atom stereocenters. The molecule has 1 amide bonds. The Bertz CT molecular complexity index is 1090. The van der Waals surface area contributed by atoms with Gasteiger partial charge in [0, 0.05) is 6.07 Å². The van der Waals surface area contributed by atoms with Crippen LogP contribution in [0, 0.1) is 13.8 Å². The molecule has 142 valence electrons. The number of aromatic nitrogens is 3. The van der Waals surface area contributed by atoms with Crippen molar-refractivity contribution in [3.63, 3.8) is 0 Å². The Balaban J connectivity index is 1.91. The second-order valence-electron chi connectivity index (χ2n) is 5.73. The number of anilines is 1. The molecule has 1 aromatic carbocycles. The predicted octanol–water partition coefficient (Wildman–Crippen LogP) is 2.31. The van der Waals surface area contributed by atoms with Crippen LogP contribution in [0.5, 0.6) is 11.5 Å². The van der Waals surface area contributed by atoms with Gasteiger partial charge in [0.25, 0.3) is 11.3 Å². The number of hydrogen-bond donors (Lipinski definition) is 1. The third kappa shape index (κ3) is 3.45. The summed E-state index contributed by atoms with van der Waals surface area (Å²) in [6, 6.07) is 3.07. The topological polar surface area (TPSA) is 108 Å². The zero-order chi connectivity index (χ0) is 19.7. The van der Waals surface area contributed by atoms with E-state index in [1.807, 2.05) is 0 Å². The normalized spacial score (nSPS) is 10.9. The molecule has 0 aliphatic carbocycles. The van der Waals surface area contributed by atoms with Crippen molar-refractivity contribution in [3.05, 3.63) is 39.0 Å². The SMILES string of the molecule is COc1cc(OC)c(NC(=O)Cn2c(C)nc3onc(C)c3c2=O)cc1Cl. The predicted molar refractivity (Wildman–Crippen MR) is 98.7 cm³/mol. The van der Waals surface area contributed by atoms with Gasteiger partial charge in [-0.3, -0.25) is 14.2 Å². The molecule has 1 N–H and O–H groups in total. The van der Waals surface area contributed by atoms with Gasteiger partial charge in [-0.05, 0) is 19.9 Å². The standard InChI is InChI=1S/C17H17ClN4O5/c1-8-15-16(27-21-8)19-9(2)22(17(15)24)7-14(23)20-11-5-10(18)12(25-3)6-13(11)26-4/h5-6H,7H2,1-4H3,(H,20,23). The van der Waals surface area contributed by atoms with Crippen molar-refractivity contribution in [1.82, 2.24) is 14.7 Å². The van der Waals surface area contributed by atoms with Crippen LogP contribution in [0.15, 0.2) is 21.5 Å². The molecule has 0 radical (unpaired) electrons. The molecular weight excluding hydrogens is 376 g/mol. The second-order valence-corrected chi connectivity index (χ2v) is 6.14. The quantitative estimate of drug-likeness (QED) is 0.709. The van der Waals surface area contributed by atoms with E-state index in [9.17, 15) is 9.59 Å². The lowest BCUT2D eigenvalue weighted by Crippen LogP contribution is -2.30. The van der Waals surface area contributed by atoms with Crippen molar-refractivity contribution in [1.29, 1.82) is 0 Å². The van der Waals surface area contributed by atoms with Gasteiger partial charge >= 0.3 is 0 Å². The number of aryl methyl sites for hydroxylation is 2. The summed E-state index contributed by atoms with van der Waals surface area (Å²) in [6.07, 6.45) is 0. The third-order valence-electron chi connectivity index (χ3n) is 4.01. The highest BCUT2D eigenvalue weighted by Gasteiger charge is 2.18.